The summed E-state index contributed by atoms with van der Waals surface area (Å²) in [6, 6.07) is 2.05. The SMILES string of the molecule is O=C1CCC(N2Cc3c(cc4c(c3N=Nc3c5c(cc6c(O)n(C7CCC(=O)NC7=O)c(O)c36)CC3(CNC3)C5)CC3(CNC3)C4)C2=O)C(=O)N1. The van der Waals surface area contributed by atoms with Crippen LogP contribution in [-0.2, 0) is 51.4 Å². The number of azo groups is 1. The van der Waals surface area contributed by atoms with E-state index in [1.165, 1.54) is 9.47 Å². The fraction of sp³-hybridized carbons (Fsp3) is 0.472. The second kappa shape index (κ2) is 10.4. The Morgan fingerprint density at radius 3 is 1.84 bits per heavy atom. The molecule has 1 aromatic heterocycles. The number of nitrogens with one attached hydrogen (secondary N) is 4. The fourth-order valence-corrected chi connectivity index (χ4v) is 9.71. The molecule has 4 fully saturated rings. The van der Waals surface area contributed by atoms with Crippen molar-refractivity contribution in [3.8, 4) is 11.8 Å². The molecule has 4 saturated heterocycles. The summed E-state index contributed by atoms with van der Waals surface area (Å²) in [5.74, 6) is -2.74. The highest BCUT2D eigenvalue weighted by Crippen LogP contribution is 2.54. The van der Waals surface area contributed by atoms with Crippen LogP contribution in [0.3, 0.4) is 0 Å². The Morgan fingerprint density at radius 2 is 1.25 bits per heavy atom. The van der Waals surface area contributed by atoms with E-state index in [-0.39, 0.29) is 72.0 Å². The Morgan fingerprint density at radius 1 is 0.686 bits per heavy atom. The van der Waals surface area contributed by atoms with Gasteiger partial charge >= 0.3 is 0 Å². The van der Waals surface area contributed by atoms with Gasteiger partial charge in [-0.3, -0.25) is 39.2 Å². The molecular formula is C36H36N8O7. The predicted molar refractivity (Wildman–Crippen MR) is 179 cm³/mol. The summed E-state index contributed by atoms with van der Waals surface area (Å²) in [4.78, 5) is 65.1. The number of aromatic nitrogens is 1. The minimum atomic E-state index is -0.992. The maximum absolute atomic E-state index is 14.0. The third kappa shape index (κ3) is 4.33. The molecule has 10 rings (SSSR count). The van der Waals surface area contributed by atoms with E-state index in [4.69, 9.17) is 10.2 Å². The van der Waals surface area contributed by atoms with E-state index in [9.17, 15) is 34.2 Å². The van der Waals surface area contributed by atoms with Crippen LogP contribution in [0.25, 0.3) is 10.8 Å². The van der Waals surface area contributed by atoms with Gasteiger partial charge in [0.05, 0.1) is 11.1 Å². The molecule has 2 aromatic carbocycles. The number of aromatic hydroxyl groups is 2. The first-order valence-electron chi connectivity index (χ1n) is 17.6. The highest BCUT2D eigenvalue weighted by Gasteiger charge is 2.48. The second-order valence-electron chi connectivity index (χ2n) is 15.7. The third-order valence-corrected chi connectivity index (χ3v) is 12.4. The van der Waals surface area contributed by atoms with E-state index in [2.05, 4.69) is 21.3 Å². The van der Waals surface area contributed by atoms with Crippen LogP contribution in [0.1, 0.15) is 69.9 Å². The number of amides is 5. The highest BCUT2D eigenvalue weighted by atomic mass is 16.3. The lowest BCUT2D eigenvalue weighted by Crippen LogP contribution is -2.54. The number of imide groups is 2. The Kier molecular flexibility index (Phi) is 6.28. The molecule has 2 unspecified atom stereocenters. The first-order chi connectivity index (χ1) is 24.5. The Labute approximate surface area is 290 Å². The van der Waals surface area contributed by atoms with Gasteiger partial charge in [-0.1, -0.05) is 0 Å². The van der Waals surface area contributed by atoms with Crippen molar-refractivity contribution in [3.05, 3.63) is 45.5 Å². The third-order valence-electron chi connectivity index (χ3n) is 12.4. The van der Waals surface area contributed by atoms with Gasteiger partial charge in [0.2, 0.25) is 35.4 Å². The van der Waals surface area contributed by atoms with Crippen LogP contribution in [-0.4, -0.2) is 81.4 Å². The number of carbonyl (C=O) groups is 5. The molecule has 0 saturated carbocycles. The molecule has 15 heteroatoms. The second-order valence-corrected chi connectivity index (χ2v) is 15.7. The molecule has 51 heavy (non-hydrogen) atoms. The quantitative estimate of drug-likeness (QED) is 0.173. The molecule has 6 N–H and O–H groups in total. The molecule has 2 atom stereocenters. The van der Waals surface area contributed by atoms with E-state index < -0.39 is 29.8 Å². The average molecular weight is 693 g/mol. The fourth-order valence-electron chi connectivity index (χ4n) is 9.71. The molecule has 15 nitrogen and oxygen atoms in total. The topological polar surface area (TPSA) is 207 Å². The summed E-state index contributed by atoms with van der Waals surface area (Å²) in [6.07, 6.45) is 3.54. The standard InChI is InChI=1S/C36H36N8O7/c45-25-3-1-23(30(47)39-25)43-11-22-18(32(43)49)5-16-7-35(12-37-13-35)9-20(16)28(22)41-42-29-21-10-36(14-38-15-36)8-17(21)6-19-27(29)34(51)44(33(19)50)24-2-4-26(46)40-31(24)48/h5-6,23-24,37-38,50-51H,1-4,7-15H2,(H,39,45,47)(H,40,46,48). The molecule has 2 spiro atoms. The molecular weight excluding hydrogens is 656 g/mol. The van der Waals surface area contributed by atoms with Crippen LogP contribution in [0, 0.1) is 10.8 Å². The van der Waals surface area contributed by atoms with Crippen molar-refractivity contribution in [3.63, 3.8) is 0 Å². The molecule has 5 aliphatic heterocycles. The Bertz CT molecular complexity index is 2210. The van der Waals surface area contributed by atoms with Gasteiger partial charge in [-0.2, -0.15) is 0 Å². The van der Waals surface area contributed by atoms with Crippen molar-refractivity contribution in [2.24, 2.45) is 21.1 Å². The first-order valence-corrected chi connectivity index (χ1v) is 17.6. The van der Waals surface area contributed by atoms with Gasteiger partial charge in [-0.25, -0.2) is 0 Å². The van der Waals surface area contributed by atoms with E-state index in [0.29, 0.717) is 34.3 Å². The van der Waals surface area contributed by atoms with Gasteiger partial charge in [0, 0.05) is 72.9 Å². The van der Waals surface area contributed by atoms with E-state index in [1.807, 2.05) is 12.1 Å². The van der Waals surface area contributed by atoms with Crippen LogP contribution >= 0.6 is 0 Å². The summed E-state index contributed by atoms with van der Waals surface area (Å²) < 4.78 is 1.18. The number of benzene rings is 2. The average Bonchev–Trinajstić information content (AvgIpc) is 3.80. The van der Waals surface area contributed by atoms with Crippen LogP contribution in [0.2, 0.25) is 0 Å². The molecule has 6 heterocycles. The van der Waals surface area contributed by atoms with Gasteiger partial charge in [0.1, 0.15) is 17.8 Å². The highest BCUT2D eigenvalue weighted by molar-refractivity contribution is 6.07. The van der Waals surface area contributed by atoms with E-state index in [1.54, 1.807) is 0 Å². The van der Waals surface area contributed by atoms with Crippen molar-refractivity contribution in [2.45, 2.75) is 70.0 Å². The number of hydrogen-bond donors (Lipinski definition) is 6. The molecule has 2 aliphatic carbocycles. The molecule has 0 bridgehead atoms. The monoisotopic (exact) mass is 692 g/mol. The van der Waals surface area contributed by atoms with Gasteiger partial charge in [-0.05, 0) is 72.9 Å². The predicted octanol–water partition coefficient (Wildman–Crippen LogP) is 1.58. The lowest BCUT2D eigenvalue weighted by molar-refractivity contribution is -0.138. The number of rotatable bonds is 4. The van der Waals surface area contributed by atoms with Crippen molar-refractivity contribution < 1.29 is 34.2 Å². The summed E-state index contributed by atoms with van der Waals surface area (Å²) in [7, 11) is 0. The normalized spacial score (nSPS) is 25.7. The van der Waals surface area contributed by atoms with Crippen LogP contribution in [0.4, 0.5) is 11.4 Å². The van der Waals surface area contributed by atoms with Crippen molar-refractivity contribution in [1.82, 2.24) is 30.7 Å². The molecule has 262 valence electrons. The van der Waals surface area contributed by atoms with Gasteiger partial charge in [0.25, 0.3) is 5.91 Å². The maximum atomic E-state index is 14.0. The largest absolute Gasteiger partial charge is 0.494 e. The number of hydrogen-bond acceptors (Lipinski definition) is 11. The van der Waals surface area contributed by atoms with Crippen molar-refractivity contribution in [2.75, 3.05) is 26.2 Å². The summed E-state index contributed by atoms with van der Waals surface area (Å²) >= 11 is 0. The lowest BCUT2D eigenvalue weighted by atomic mass is 9.79. The minimum absolute atomic E-state index is 0.00997. The molecule has 5 amide bonds. The Hall–Kier alpha value is -5.15. The molecule has 0 radical (unpaired) electrons. The van der Waals surface area contributed by atoms with Gasteiger partial charge < -0.3 is 25.7 Å². The van der Waals surface area contributed by atoms with Crippen molar-refractivity contribution in [1.29, 1.82) is 0 Å². The Balaban J connectivity index is 1.13. The van der Waals surface area contributed by atoms with Gasteiger partial charge in [0.15, 0.2) is 0 Å². The van der Waals surface area contributed by atoms with Crippen LogP contribution < -0.4 is 21.3 Å². The van der Waals surface area contributed by atoms with Gasteiger partial charge in [-0.15, -0.1) is 10.2 Å². The number of piperidine rings is 2. The van der Waals surface area contributed by atoms with Crippen molar-refractivity contribution >= 4 is 51.7 Å². The molecule has 7 aliphatic rings. The van der Waals surface area contributed by atoms with E-state index >= 15 is 0 Å². The summed E-state index contributed by atoms with van der Waals surface area (Å²) in [5.41, 5.74) is 6.07. The zero-order chi connectivity index (χ0) is 35.0. The maximum Gasteiger partial charge on any atom is 0.255 e. The minimum Gasteiger partial charge on any atom is -0.494 e. The first kappa shape index (κ1) is 30.7. The summed E-state index contributed by atoms with van der Waals surface area (Å²) in [5, 5.41) is 45.3. The zero-order valence-corrected chi connectivity index (χ0v) is 27.7. The van der Waals surface area contributed by atoms with Crippen LogP contribution in [0.15, 0.2) is 22.4 Å². The van der Waals surface area contributed by atoms with Crippen LogP contribution in [0.5, 0.6) is 11.8 Å². The number of carbonyl (C=O) groups excluding carboxylic acids is 5. The number of fused-ring (bicyclic) bond motifs is 4. The summed E-state index contributed by atoms with van der Waals surface area (Å²) in [6.45, 7) is 3.49. The zero-order valence-electron chi connectivity index (χ0n) is 27.7. The number of nitrogens with zero attached hydrogens (tertiary/aromatic N) is 4. The molecule has 3 aromatic rings. The smallest absolute Gasteiger partial charge is 0.255 e. The van der Waals surface area contributed by atoms with E-state index in [0.717, 1.165) is 67.7 Å². The lowest BCUT2D eigenvalue weighted by Gasteiger charge is -2.39.